The lowest BCUT2D eigenvalue weighted by Crippen LogP contribution is -2.18. The Bertz CT molecular complexity index is 1100. The summed E-state index contributed by atoms with van der Waals surface area (Å²) in [4.78, 5) is 16.3. The van der Waals surface area contributed by atoms with Crippen molar-refractivity contribution < 1.29 is 4.42 Å². The summed E-state index contributed by atoms with van der Waals surface area (Å²) >= 11 is 1.73. The van der Waals surface area contributed by atoms with Crippen molar-refractivity contribution in [3.8, 4) is 11.5 Å². The molecule has 5 nitrogen and oxygen atoms in total. The van der Waals surface area contributed by atoms with Gasteiger partial charge in [0.2, 0.25) is 5.89 Å². The van der Waals surface area contributed by atoms with E-state index in [-0.39, 0.29) is 0 Å². The SMILES string of the molecule is CSc1ccc(-c2nc(CN(C)Cc3nc4cc(C)c(C)cc4[nH]3)c(C)o2)cc1. The van der Waals surface area contributed by atoms with Crippen LogP contribution in [-0.2, 0) is 13.1 Å². The smallest absolute Gasteiger partial charge is 0.226 e. The zero-order chi connectivity index (χ0) is 20.5. The van der Waals surface area contributed by atoms with Gasteiger partial charge >= 0.3 is 0 Å². The second-order valence-electron chi connectivity index (χ2n) is 7.56. The summed E-state index contributed by atoms with van der Waals surface area (Å²) in [5, 5.41) is 0. The predicted molar refractivity (Wildman–Crippen MR) is 119 cm³/mol. The highest BCUT2D eigenvalue weighted by atomic mass is 32.2. The topological polar surface area (TPSA) is 58.0 Å². The number of imidazole rings is 1. The van der Waals surface area contributed by atoms with E-state index in [2.05, 4.69) is 73.4 Å². The van der Waals surface area contributed by atoms with Crippen LogP contribution in [0.5, 0.6) is 0 Å². The molecule has 0 aliphatic heterocycles. The summed E-state index contributed by atoms with van der Waals surface area (Å²) in [5.41, 5.74) is 6.61. The highest BCUT2D eigenvalue weighted by Crippen LogP contribution is 2.25. The van der Waals surface area contributed by atoms with E-state index in [9.17, 15) is 0 Å². The number of fused-ring (bicyclic) bond motifs is 1. The molecular weight excluding hydrogens is 380 g/mol. The average Bonchev–Trinajstić information content (AvgIpc) is 3.24. The van der Waals surface area contributed by atoms with Crippen molar-refractivity contribution in [1.82, 2.24) is 19.9 Å². The molecule has 0 unspecified atom stereocenters. The molecule has 4 aromatic rings. The van der Waals surface area contributed by atoms with Crippen molar-refractivity contribution in [3.63, 3.8) is 0 Å². The summed E-state index contributed by atoms with van der Waals surface area (Å²) in [6, 6.07) is 12.6. The Morgan fingerprint density at radius 1 is 1.00 bits per heavy atom. The maximum Gasteiger partial charge on any atom is 0.226 e. The maximum atomic E-state index is 5.93. The van der Waals surface area contributed by atoms with Crippen LogP contribution in [0.15, 0.2) is 45.7 Å². The van der Waals surface area contributed by atoms with Crippen molar-refractivity contribution >= 4 is 22.8 Å². The Morgan fingerprint density at radius 3 is 2.45 bits per heavy atom. The predicted octanol–water partition coefficient (Wildman–Crippen LogP) is 5.50. The first-order valence-corrected chi connectivity index (χ1v) is 10.9. The van der Waals surface area contributed by atoms with Crippen LogP contribution in [0.4, 0.5) is 0 Å². The van der Waals surface area contributed by atoms with Gasteiger partial charge < -0.3 is 9.40 Å². The molecule has 0 aliphatic carbocycles. The number of hydrogen-bond acceptors (Lipinski definition) is 5. The molecule has 0 amide bonds. The molecule has 0 bridgehead atoms. The fourth-order valence-corrected chi connectivity index (χ4v) is 3.80. The van der Waals surface area contributed by atoms with Crippen molar-refractivity contribution in [2.24, 2.45) is 0 Å². The van der Waals surface area contributed by atoms with Gasteiger partial charge in [-0.3, -0.25) is 4.90 Å². The number of rotatable bonds is 6. The fourth-order valence-electron chi connectivity index (χ4n) is 3.40. The van der Waals surface area contributed by atoms with Crippen LogP contribution in [0, 0.1) is 20.8 Å². The number of thioether (sulfide) groups is 1. The van der Waals surface area contributed by atoms with Gasteiger partial charge in [0.05, 0.1) is 23.3 Å². The van der Waals surface area contributed by atoms with Crippen LogP contribution in [0.3, 0.4) is 0 Å². The maximum absolute atomic E-state index is 5.93. The largest absolute Gasteiger partial charge is 0.441 e. The first-order chi connectivity index (χ1) is 13.9. The van der Waals surface area contributed by atoms with Gasteiger partial charge in [-0.05, 0) is 81.6 Å². The highest BCUT2D eigenvalue weighted by molar-refractivity contribution is 7.98. The second-order valence-corrected chi connectivity index (χ2v) is 8.44. The van der Waals surface area contributed by atoms with Crippen LogP contribution < -0.4 is 0 Å². The van der Waals surface area contributed by atoms with Crippen LogP contribution in [0.2, 0.25) is 0 Å². The minimum Gasteiger partial charge on any atom is -0.441 e. The van der Waals surface area contributed by atoms with E-state index in [0.717, 1.165) is 40.4 Å². The van der Waals surface area contributed by atoms with Gasteiger partial charge in [-0.15, -0.1) is 11.8 Å². The van der Waals surface area contributed by atoms with Gasteiger partial charge in [0.1, 0.15) is 11.6 Å². The molecule has 0 saturated carbocycles. The summed E-state index contributed by atoms with van der Waals surface area (Å²) in [7, 11) is 2.07. The molecule has 2 heterocycles. The molecule has 29 heavy (non-hydrogen) atoms. The number of aryl methyl sites for hydroxylation is 3. The van der Waals surface area contributed by atoms with Crippen LogP contribution in [0.25, 0.3) is 22.5 Å². The average molecular weight is 407 g/mol. The quantitative estimate of drug-likeness (QED) is 0.429. The number of hydrogen-bond donors (Lipinski definition) is 1. The molecule has 0 fully saturated rings. The summed E-state index contributed by atoms with van der Waals surface area (Å²) in [6.07, 6.45) is 2.07. The van der Waals surface area contributed by atoms with E-state index in [1.807, 2.05) is 6.92 Å². The lowest BCUT2D eigenvalue weighted by Gasteiger charge is -2.13. The van der Waals surface area contributed by atoms with E-state index in [1.54, 1.807) is 11.8 Å². The molecule has 150 valence electrons. The van der Waals surface area contributed by atoms with E-state index >= 15 is 0 Å². The van der Waals surface area contributed by atoms with Crippen molar-refractivity contribution in [2.75, 3.05) is 13.3 Å². The van der Waals surface area contributed by atoms with E-state index in [1.165, 1.54) is 16.0 Å². The molecule has 6 heteroatoms. The van der Waals surface area contributed by atoms with Crippen LogP contribution in [0.1, 0.15) is 28.4 Å². The van der Waals surface area contributed by atoms with Crippen molar-refractivity contribution in [1.29, 1.82) is 0 Å². The number of benzene rings is 2. The Balaban J connectivity index is 1.48. The number of aromatic nitrogens is 3. The lowest BCUT2D eigenvalue weighted by molar-refractivity contribution is 0.306. The summed E-state index contributed by atoms with van der Waals surface area (Å²) in [6.45, 7) is 7.64. The first-order valence-electron chi connectivity index (χ1n) is 9.68. The molecule has 0 aliphatic rings. The Hall–Kier alpha value is -2.57. The molecule has 0 atom stereocenters. The van der Waals surface area contributed by atoms with E-state index in [0.29, 0.717) is 12.4 Å². The van der Waals surface area contributed by atoms with E-state index < -0.39 is 0 Å². The minimum absolute atomic E-state index is 0.674. The Labute approximate surface area is 175 Å². The third-order valence-electron chi connectivity index (χ3n) is 5.22. The Kier molecular flexibility index (Phi) is 5.48. The third-order valence-corrected chi connectivity index (χ3v) is 5.96. The zero-order valence-electron chi connectivity index (χ0n) is 17.5. The molecule has 1 N–H and O–H groups in total. The molecule has 0 radical (unpaired) electrons. The van der Waals surface area contributed by atoms with Gasteiger partial charge in [-0.2, -0.15) is 0 Å². The molecule has 0 saturated heterocycles. The molecule has 2 aromatic carbocycles. The number of H-pyrrole nitrogens is 1. The van der Waals surface area contributed by atoms with E-state index in [4.69, 9.17) is 14.4 Å². The standard InChI is InChI=1S/C23H26N4OS/c1-14-10-19-20(11-15(14)2)25-22(24-19)13-27(4)12-21-16(3)28-23(26-21)17-6-8-18(29-5)9-7-17/h6-11H,12-13H2,1-5H3,(H,24,25). The van der Waals surface area contributed by atoms with Gasteiger partial charge in [0.25, 0.3) is 0 Å². The lowest BCUT2D eigenvalue weighted by atomic mass is 10.1. The Morgan fingerprint density at radius 2 is 1.72 bits per heavy atom. The van der Waals surface area contributed by atoms with Crippen molar-refractivity contribution in [3.05, 3.63) is 64.8 Å². The molecule has 4 rings (SSSR count). The van der Waals surface area contributed by atoms with Gasteiger partial charge in [0, 0.05) is 17.0 Å². The third kappa shape index (κ3) is 4.23. The summed E-state index contributed by atoms with van der Waals surface area (Å²) in [5.74, 6) is 2.49. The van der Waals surface area contributed by atoms with Gasteiger partial charge in [-0.1, -0.05) is 0 Å². The van der Waals surface area contributed by atoms with Gasteiger partial charge in [-0.25, -0.2) is 9.97 Å². The molecule has 2 aromatic heterocycles. The van der Waals surface area contributed by atoms with Crippen molar-refractivity contribution in [2.45, 2.75) is 38.8 Å². The number of aromatic amines is 1. The molecular formula is C23H26N4OS. The van der Waals surface area contributed by atoms with Crippen LogP contribution >= 0.6 is 11.8 Å². The monoisotopic (exact) mass is 406 g/mol. The fraction of sp³-hybridized carbons (Fsp3) is 0.304. The number of oxazole rings is 1. The summed E-state index contributed by atoms with van der Waals surface area (Å²) < 4.78 is 5.93. The normalized spacial score (nSPS) is 11.7. The minimum atomic E-state index is 0.674. The van der Waals surface area contributed by atoms with Gasteiger partial charge in [0.15, 0.2) is 0 Å². The zero-order valence-corrected chi connectivity index (χ0v) is 18.4. The number of nitrogens with zero attached hydrogens (tertiary/aromatic N) is 3. The highest BCUT2D eigenvalue weighted by Gasteiger charge is 2.15. The number of nitrogens with one attached hydrogen (secondary N) is 1. The first kappa shape index (κ1) is 19.7. The molecule has 0 spiro atoms. The second kappa shape index (κ2) is 8.05. The van der Waals surface area contributed by atoms with Crippen LogP contribution in [-0.4, -0.2) is 33.2 Å².